The fraction of sp³-hybridized carbons (Fsp3) is 0.304. The number of likely N-dealkylation sites (tertiary alicyclic amines) is 1. The van der Waals surface area contributed by atoms with Crippen molar-refractivity contribution in [3.8, 4) is 10.9 Å². The van der Waals surface area contributed by atoms with Gasteiger partial charge in [0, 0.05) is 37.7 Å². The van der Waals surface area contributed by atoms with Gasteiger partial charge in [-0.1, -0.05) is 11.3 Å². The van der Waals surface area contributed by atoms with Crippen molar-refractivity contribution in [1.29, 1.82) is 0 Å². The van der Waals surface area contributed by atoms with Crippen LogP contribution in [0.1, 0.15) is 23.7 Å². The van der Waals surface area contributed by atoms with E-state index in [1.165, 1.54) is 17.6 Å². The van der Waals surface area contributed by atoms with Gasteiger partial charge in [0.15, 0.2) is 5.65 Å². The van der Waals surface area contributed by atoms with Crippen LogP contribution in [0.25, 0.3) is 21.3 Å². The van der Waals surface area contributed by atoms with Gasteiger partial charge in [0.1, 0.15) is 17.6 Å². The zero-order valence-electron chi connectivity index (χ0n) is 17.3. The van der Waals surface area contributed by atoms with Crippen LogP contribution in [0.2, 0.25) is 0 Å². The highest BCUT2D eigenvalue weighted by atomic mass is 32.1. The largest absolute Gasteiger partial charge is 0.463 e. The number of carbonyl (C=O) groups is 2. The summed E-state index contributed by atoms with van der Waals surface area (Å²) in [4.78, 5) is 35.2. The maximum Gasteiger partial charge on any atom is 0.281 e. The summed E-state index contributed by atoms with van der Waals surface area (Å²) in [6.45, 7) is 2.86. The molecule has 0 radical (unpaired) electrons. The van der Waals surface area contributed by atoms with E-state index >= 15 is 0 Å². The van der Waals surface area contributed by atoms with Crippen molar-refractivity contribution in [2.45, 2.75) is 19.4 Å². The summed E-state index contributed by atoms with van der Waals surface area (Å²) in [5.74, 6) is 1.54. The SMILES string of the molecule is CC(=O)N1CC2CC2C1CNC(=O)c1coc2cc(Oc3nc4ncccc4s3)ccc12. The number of ether oxygens (including phenoxy) is 1. The molecule has 162 valence electrons. The van der Waals surface area contributed by atoms with Crippen molar-refractivity contribution in [1.82, 2.24) is 20.2 Å². The van der Waals surface area contributed by atoms with Crippen LogP contribution in [-0.4, -0.2) is 45.8 Å². The first-order valence-electron chi connectivity index (χ1n) is 10.5. The van der Waals surface area contributed by atoms with Crippen LogP contribution >= 0.6 is 11.3 Å². The van der Waals surface area contributed by atoms with Gasteiger partial charge in [-0.25, -0.2) is 4.98 Å². The number of amides is 2. The van der Waals surface area contributed by atoms with Gasteiger partial charge in [-0.05, 0) is 42.5 Å². The fourth-order valence-electron chi connectivity index (χ4n) is 4.63. The Bertz CT molecular complexity index is 1330. The Kier molecular flexibility index (Phi) is 4.39. The summed E-state index contributed by atoms with van der Waals surface area (Å²) in [7, 11) is 0. The summed E-state index contributed by atoms with van der Waals surface area (Å²) in [6, 6.07) is 9.23. The third-order valence-electron chi connectivity index (χ3n) is 6.32. The molecule has 3 unspecified atom stereocenters. The quantitative estimate of drug-likeness (QED) is 0.498. The second kappa shape index (κ2) is 7.30. The Morgan fingerprint density at radius 3 is 3.09 bits per heavy atom. The molecule has 2 amide bonds. The van der Waals surface area contributed by atoms with Crippen LogP contribution in [0.5, 0.6) is 10.9 Å². The normalized spacial score (nSPS) is 21.7. The number of pyridine rings is 1. The molecular weight excluding hydrogens is 428 g/mol. The molecule has 1 saturated carbocycles. The number of hydrogen-bond donors (Lipinski definition) is 1. The second-order valence-electron chi connectivity index (χ2n) is 8.32. The van der Waals surface area contributed by atoms with Crippen LogP contribution in [0.3, 0.4) is 0 Å². The van der Waals surface area contributed by atoms with E-state index in [4.69, 9.17) is 9.15 Å². The molecule has 0 spiro atoms. The number of piperidine rings is 1. The Morgan fingerprint density at radius 2 is 2.25 bits per heavy atom. The number of fused-ring (bicyclic) bond motifs is 3. The summed E-state index contributed by atoms with van der Waals surface area (Å²) < 4.78 is 12.5. The number of hydrogen-bond acceptors (Lipinski definition) is 7. The van der Waals surface area contributed by atoms with E-state index in [2.05, 4.69) is 15.3 Å². The van der Waals surface area contributed by atoms with E-state index in [-0.39, 0.29) is 17.9 Å². The lowest BCUT2D eigenvalue weighted by Crippen LogP contribution is -2.44. The van der Waals surface area contributed by atoms with Crippen LogP contribution in [0.4, 0.5) is 0 Å². The monoisotopic (exact) mass is 448 g/mol. The minimum Gasteiger partial charge on any atom is -0.463 e. The highest BCUT2D eigenvalue weighted by molar-refractivity contribution is 7.20. The number of carbonyl (C=O) groups excluding carboxylic acids is 2. The molecular formula is C23H20N4O4S. The third-order valence-corrected chi connectivity index (χ3v) is 7.21. The maximum atomic E-state index is 12.8. The van der Waals surface area contributed by atoms with Gasteiger partial charge in [-0.3, -0.25) is 9.59 Å². The lowest BCUT2D eigenvalue weighted by Gasteiger charge is -2.26. The van der Waals surface area contributed by atoms with E-state index in [1.54, 1.807) is 25.3 Å². The van der Waals surface area contributed by atoms with Gasteiger partial charge < -0.3 is 19.4 Å². The van der Waals surface area contributed by atoms with Crippen LogP contribution in [-0.2, 0) is 4.79 Å². The van der Waals surface area contributed by atoms with Crippen molar-refractivity contribution in [3.05, 3.63) is 48.4 Å². The Labute approximate surface area is 187 Å². The van der Waals surface area contributed by atoms with Gasteiger partial charge in [-0.2, -0.15) is 4.98 Å². The average Bonchev–Trinajstić information content (AvgIpc) is 3.12. The molecule has 3 atom stereocenters. The predicted molar refractivity (Wildman–Crippen MR) is 119 cm³/mol. The Hall–Kier alpha value is -3.46. The molecule has 2 aliphatic rings. The lowest BCUT2D eigenvalue weighted by atomic mass is 10.1. The number of aromatic nitrogens is 2. The van der Waals surface area contributed by atoms with E-state index in [0.29, 0.717) is 51.5 Å². The molecule has 1 aromatic carbocycles. The molecule has 4 aromatic rings. The maximum absolute atomic E-state index is 12.8. The smallest absolute Gasteiger partial charge is 0.281 e. The minimum absolute atomic E-state index is 0.0710. The van der Waals surface area contributed by atoms with Gasteiger partial charge in [0.25, 0.3) is 11.1 Å². The molecule has 3 aromatic heterocycles. The number of benzene rings is 1. The number of nitrogens with zero attached hydrogens (tertiary/aromatic N) is 3. The molecule has 1 aliphatic carbocycles. The highest BCUT2D eigenvalue weighted by Gasteiger charge is 2.53. The van der Waals surface area contributed by atoms with Crippen molar-refractivity contribution >= 4 is 44.5 Å². The number of furan rings is 1. The highest BCUT2D eigenvalue weighted by Crippen LogP contribution is 2.49. The molecule has 2 fully saturated rings. The van der Waals surface area contributed by atoms with Gasteiger partial charge in [0.05, 0.1) is 16.3 Å². The lowest BCUT2D eigenvalue weighted by molar-refractivity contribution is -0.130. The van der Waals surface area contributed by atoms with Crippen molar-refractivity contribution in [3.63, 3.8) is 0 Å². The van der Waals surface area contributed by atoms with E-state index in [1.807, 2.05) is 23.1 Å². The first-order chi connectivity index (χ1) is 15.6. The first-order valence-corrected chi connectivity index (χ1v) is 11.3. The third kappa shape index (κ3) is 3.29. The summed E-state index contributed by atoms with van der Waals surface area (Å²) in [5.41, 5.74) is 1.67. The molecule has 4 heterocycles. The standard InChI is InChI=1S/C23H20N4O4S/c1-12(28)27-10-13-7-16(13)18(27)9-25-22(29)17-11-30-19-8-14(4-5-15(17)19)31-23-26-21-20(32-23)3-2-6-24-21/h2-6,8,11,13,16,18H,7,9-10H2,1H3,(H,25,29). The summed E-state index contributed by atoms with van der Waals surface area (Å²) in [6.07, 6.45) is 4.30. The minimum atomic E-state index is -0.206. The molecule has 1 N–H and O–H groups in total. The zero-order chi connectivity index (χ0) is 21.8. The van der Waals surface area contributed by atoms with Crippen molar-refractivity contribution in [2.75, 3.05) is 13.1 Å². The molecule has 9 heteroatoms. The second-order valence-corrected chi connectivity index (χ2v) is 9.32. The van der Waals surface area contributed by atoms with E-state index in [0.717, 1.165) is 17.7 Å². The van der Waals surface area contributed by atoms with Gasteiger partial charge in [-0.15, -0.1) is 0 Å². The molecule has 1 aliphatic heterocycles. The van der Waals surface area contributed by atoms with Crippen LogP contribution in [0, 0.1) is 11.8 Å². The number of thiazole rings is 1. The summed E-state index contributed by atoms with van der Waals surface area (Å²) >= 11 is 1.41. The van der Waals surface area contributed by atoms with Crippen molar-refractivity contribution in [2.24, 2.45) is 11.8 Å². The Balaban J connectivity index is 1.17. The molecule has 32 heavy (non-hydrogen) atoms. The fourth-order valence-corrected chi connectivity index (χ4v) is 5.42. The summed E-state index contributed by atoms with van der Waals surface area (Å²) in [5, 5.41) is 4.19. The number of nitrogens with one attached hydrogen (secondary N) is 1. The Morgan fingerprint density at radius 1 is 1.34 bits per heavy atom. The topological polar surface area (TPSA) is 97.6 Å². The van der Waals surface area contributed by atoms with E-state index in [9.17, 15) is 9.59 Å². The van der Waals surface area contributed by atoms with Crippen LogP contribution in [0.15, 0.2) is 47.2 Å². The van der Waals surface area contributed by atoms with Crippen molar-refractivity contribution < 1.29 is 18.7 Å². The molecule has 6 rings (SSSR count). The van der Waals surface area contributed by atoms with E-state index < -0.39 is 0 Å². The average molecular weight is 449 g/mol. The predicted octanol–water partition coefficient (Wildman–Crippen LogP) is 3.83. The number of rotatable bonds is 5. The molecule has 8 nitrogen and oxygen atoms in total. The molecule has 1 saturated heterocycles. The first kappa shape index (κ1) is 19.2. The zero-order valence-corrected chi connectivity index (χ0v) is 18.1. The molecule has 0 bridgehead atoms. The van der Waals surface area contributed by atoms with Gasteiger partial charge in [0.2, 0.25) is 5.91 Å². The van der Waals surface area contributed by atoms with Crippen LogP contribution < -0.4 is 10.1 Å². The van der Waals surface area contributed by atoms with Gasteiger partial charge >= 0.3 is 0 Å².